The van der Waals surface area contributed by atoms with Gasteiger partial charge >= 0.3 is 11.9 Å². The number of alkyl halides is 3. The molecule has 0 spiro atoms. The number of nitrogens with zero attached hydrogens (tertiary/aromatic N) is 5. The van der Waals surface area contributed by atoms with Gasteiger partial charge in [-0.3, -0.25) is 14.8 Å². The molecule has 0 aliphatic heterocycles. The highest BCUT2D eigenvalue weighted by molar-refractivity contribution is 5.33. The van der Waals surface area contributed by atoms with Gasteiger partial charge in [-0.15, -0.1) is 10.2 Å². The van der Waals surface area contributed by atoms with Crippen molar-refractivity contribution in [3.63, 3.8) is 0 Å². The van der Waals surface area contributed by atoms with Crippen LogP contribution < -0.4 is 5.32 Å². The molecule has 11 heteroatoms. The Balaban J connectivity index is 1.87. The van der Waals surface area contributed by atoms with Gasteiger partial charge in [-0.2, -0.15) is 18.3 Å². The van der Waals surface area contributed by atoms with Crippen LogP contribution in [0, 0.1) is 10.1 Å². The Morgan fingerprint density at radius 2 is 2.10 bits per heavy atom. The van der Waals surface area contributed by atoms with Crippen molar-refractivity contribution in [3.8, 4) is 0 Å². The summed E-state index contributed by atoms with van der Waals surface area (Å²) >= 11 is 0. The van der Waals surface area contributed by atoms with Gasteiger partial charge in [-0.05, 0) is 12.1 Å². The number of nitro groups is 1. The number of nitrogens with one attached hydrogen (secondary N) is 1. The molecular formula is C10H9F3N6O2. The number of anilines is 1. The lowest BCUT2D eigenvalue weighted by Crippen LogP contribution is -2.14. The normalized spacial score (nSPS) is 11.4. The first kappa shape index (κ1) is 14.7. The topological polar surface area (TPSA) is 98.8 Å². The molecule has 2 heterocycles. The van der Waals surface area contributed by atoms with Crippen LogP contribution in [-0.2, 0) is 12.7 Å². The van der Waals surface area contributed by atoms with Crippen molar-refractivity contribution in [3.05, 3.63) is 40.3 Å². The average Bonchev–Trinajstić information content (AvgIpc) is 2.87. The summed E-state index contributed by atoms with van der Waals surface area (Å²) in [5.74, 6) is 0.171. The third-order valence-corrected chi connectivity index (χ3v) is 2.43. The Kier molecular flexibility index (Phi) is 4.00. The van der Waals surface area contributed by atoms with Crippen LogP contribution in [-0.4, -0.2) is 31.4 Å². The zero-order chi connectivity index (χ0) is 15.5. The highest BCUT2D eigenvalue weighted by atomic mass is 19.4. The van der Waals surface area contributed by atoms with Gasteiger partial charge in [-0.1, -0.05) is 0 Å². The highest BCUT2D eigenvalue weighted by Crippen LogP contribution is 2.26. The summed E-state index contributed by atoms with van der Waals surface area (Å²) in [5, 5.41) is 23.4. The molecule has 8 nitrogen and oxygen atoms in total. The maximum Gasteiger partial charge on any atom is 0.435 e. The lowest BCUT2D eigenvalue weighted by Gasteiger charge is -2.07. The first-order valence-corrected chi connectivity index (χ1v) is 5.68. The van der Waals surface area contributed by atoms with Crippen molar-refractivity contribution < 1.29 is 18.1 Å². The van der Waals surface area contributed by atoms with Crippen molar-refractivity contribution in [2.75, 3.05) is 11.9 Å². The predicted molar refractivity (Wildman–Crippen MR) is 64.4 cm³/mol. The van der Waals surface area contributed by atoms with Crippen LogP contribution in [0.1, 0.15) is 5.69 Å². The zero-order valence-corrected chi connectivity index (χ0v) is 10.4. The molecule has 0 fully saturated rings. The second-order valence-electron chi connectivity index (χ2n) is 3.95. The highest BCUT2D eigenvalue weighted by Gasteiger charge is 2.32. The molecule has 0 saturated heterocycles. The molecule has 0 aliphatic carbocycles. The Morgan fingerprint density at radius 1 is 1.33 bits per heavy atom. The third-order valence-electron chi connectivity index (χ3n) is 2.43. The van der Waals surface area contributed by atoms with Crippen LogP contribution in [0.15, 0.2) is 24.5 Å². The van der Waals surface area contributed by atoms with Crippen LogP contribution in [0.3, 0.4) is 0 Å². The van der Waals surface area contributed by atoms with Gasteiger partial charge in [0.2, 0.25) is 0 Å². The average molecular weight is 302 g/mol. The molecule has 0 aromatic carbocycles. The molecule has 0 atom stereocenters. The number of hydrogen-bond acceptors (Lipinski definition) is 6. The molecular weight excluding hydrogens is 293 g/mol. The number of aromatic nitrogens is 4. The van der Waals surface area contributed by atoms with Gasteiger partial charge in [0.15, 0.2) is 5.69 Å². The molecule has 0 radical (unpaired) electrons. The summed E-state index contributed by atoms with van der Waals surface area (Å²) in [6.07, 6.45) is -2.17. The van der Waals surface area contributed by atoms with E-state index >= 15 is 0 Å². The molecule has 2 aromatic heterocycles. The van der Waals surface area contributed by atoms with E-state index in [4.69, 9.17) is 0 Å². The van der Waals surface area contributed by atoms with Crippen molar-refractivity contribution in [1.82, 2.24) is 20.0 Å². The van der Waals surface area contributed by atoms with Crippen molar-refractivity contribution in [2.24, 2.45) is 0 Å². The van der Waals surface area contributed by atoms with Crippen molar-refractivity contribution in [2.45, 2.75) is 12.7 Å². The van der Waals surface area contributed by atoms with Crippen LogP contribution in [0.25, 0.3) is 0 Å². The summed E-state index contributed by atoms with van der Waals surface area (Å²) in [5.41, 5.74) is -1.21. The van der Waals surface area contributed by atoms with Gasteiger partial charge in [0.05, 0.1) is 11.5 Å². The molecule has 0 bridgehead atoms. The summed E-state index contributed by atoms with van der Waals surface area (Å²) in [4.78, 5) is 9.88. The standard InChI is InChI=1S/C10H9F3N6O2/c11-10(12,13)8-1-2-9(17-16-8)14-3-4-18-6-7(5-15-18)19(20)21/h1-2,5-6H,3-4H2,(H,14,17). The second-order valence-corrected chi connectivity index (χ2v) is 3.95. The van der Waals surface area contributed by atoms with E-state index in [1.807, 2.05) is 0 Å². The molecule has 1 N–H and O–H groups in total. The van der Waals surface area contributed by atoms with Gasteiger partial charge in [0.1, 0.15) is 18.2 Å². The fraction of sp³-hybridized carbons (Fsp3) is 0.300. The monoisotopic (exact) mass is 302 g/mol. The molecule has 2 rings (SSSR count). The first-order chi connectivity index (χ1) is 9.86. The summed E-state index contributed by atoms with van der Waals surface area (Å²) in [6.45, 7) is 0.565. The second kappa shape index (κ2) is 5.73. The fourth-order valence-corrected chi connectivity index (χ4v) is 1.45. The maximum atomic E-state index is 12.3. The van der Waals surface area contributed by atoms with Crippen LogP contribution in [0.2, 0.25) is 0 Å². The van der Waals surface area contributed by atoms with E-state index in [0.717, 1.165) is 18.3 Å². The van der Waals surface area contributed by atoms with E-state index in [0.29, 0.717) is 0 Å². The lowest BCUT2D eigenvalue weighted by molar-refractivity contribution is -0.385. The number of halogens is 3. The van der Waals surface area contributed by atoms with Gasteiger partial charge < -0.3 is 5.32 Å². The Labute approximate surface area is 115 Å². The summed E-state index contributed by atoms with van der Waals surface area (Å²) in [7, 11) is 0. The molecule has 2 aromatic rings. The maximum absolute atomic E-state index is 12.3. The Hall–Kier alpha value is -2.72. The van der Waals surface area contributed by atoms with E-state index in [2.05, 4.69) is 20.6 Å². The molecule has 21 heavy (non-hydrogen) atoms. The van der Waals surface area contributed by atoms with Crippen LogP contribution in [0.5, 0.6) is 0 Å². The molecule has 0 amide bonds. The zero-order valence-electron chi connectivity index (χ0n) is 10.4. The fourth-order valence-electron chi connectivity index (χ4n) is 1.45. The largest absolute Gasteiger partial charge is 0.435 e. The van der Waals surface area contributed by atoms with Crippen LogP contribution >= 0.6 is 0 Å². The minimum atomic E-state index is -4.53. The van der Waals surface area contributed by atoms with E-state index < -0.39 is 16.8 Å². The Bertz CT molecular complexity index is 624. The molecule has 112 valence electrons. The first-order valence-electron chi connectivity index (χ1n) is 5.68. The molecule has 0 saturated carbocycles. The van der Waals surface area contributed by atoms with Gasteiger partial charge in [0.25, 0.3) is 0 Å². The lowest BCUT2D eigenvalue weighted by atomic mass is 10.4. The third kappa shape index (κ3) is 3.87. The van der Waals surface area contributed by atoms with Crippen LogP contribution in [0.4, 0.5) is 24.7 Å². The van der Waals surface area contributed by atoms with Gasteiger partial charge in [-0.25, -0.2) is 0 Å². The summed E-state index contributed by atoms with van der Waals surface area (Å²) < 4.78 is 38.1. The van der Waals surface area contributed by atoms with E-state index in [-0.39, 0.29) is 24.6 Å². The van der Waals surface area contributed by atoms with E-state index in [9.17, 15) is 23.3 Å². The predicted octanol–water partition coefficient (Wildman–Crippen LogP) is 1.71. The molecule has 0 unspecified atom stereocenters. The minimum Gasteiger partial charge on any atom is -0.367 e. The van der Waals surface area contributed by atoms with E-state index in [1.54, 1.807) is 0 Å². The van der Waals surface area contributed by atoms with E-state index in [1.165, 1.54) is 10.9 Å². The molecule has 0 aliphatic rings. The van der Waals surface area contributed by atoms with Crippen molar-refractivity contribution in [1.29, 1.82) is 0 Å². The van der Waals surface area contributed by atoms with Gasteiger partial charge in [0, 0.05) is 6.54 Å². The number of rotatable bonds is 5. The number of hydrogen-bond donors (Lipinski definition) is 1. The SMILES string of the molecule is O=[N+]([O-])c1cnn(CCNc2ccc(C(F)(F)F)nn2)c1. The smallest absolute Gasteiger partial charge is 0.367 e. The van der Waals surface area contributed by atoms with Crippen molar-refractivity contribution >= 4 is 11.5 Å². The Morgan fingerprint density at radius 3 is 2.62 bits per heavy atom. The summed E-state index contributed by atoms with van der Waals surface area (Å²) in [6, 6.07) is 1.97. The quantitative estimate of drug-likeness (QED) is 0.667. The minimum absolute atomic E-state index is 0.135.